The molecule has 2 amide bonds. The van der Waals surface area contributed by atoms with Gasteiger partial charge in [-0.2, -0.15) is 0 Å². The second-order valence-electron chi connectivity index (χ2n) is 5.87. The molecule has 0 bridgehead atoms. The Labute approximate surface area is 118 Å². The van der Waals surface area contributed by atoms with E-state index in [0.717, 1.165) is 0 Å². The molecular weight excluding hydrogens is 254 g/mol. The van der Waals surface area contributed by atoms with E-state index in [1.807, 2.05) is 18.2 Å². The van der Waals surface area contributed by atoms with Crippen LogP contribution >= 0.6 is 0 Å². The fourth-order valence-corrected chi connectivity index (χ4v) is 2.16. The minimum atomic E-state index is -0.734. The zero-order chi connectivity index (χ0) is 14.8. The summed E-state index contributed by atoms with van der Waals surface area (Å²) >= 11 is 0. The molecule has 0 fully saturated rings. The van der Waals surface area contributed by atoms with E-state index in [9.17, 15) is 9.59 Å². The van der Waals surface area contributed by atoms with Crippen molar-refractivity contribution >= 4 is 11.8 Å². The Morgan fingerprint density at radius 2 is 2.00 bits per heavy atom. The summed E-state index contributed by atoms with van der Waals surface area (Å²) < 4.78 is 0. The topological polar surface area (TPSA) is 84.2 Å². The Bertz CT molecular complexity index is 526. The molecule has 1 aliphatic heterocycles. The van der Waals surface area contributed by atoms with E-state index in [1.165, 1.54) is 11.1 Å². The van der Waals surface area contributed by atoms with Crippen molar-refractivity contribution < 1.29 is 9.59 Å². The number of nitrogens with one attached hydrogen (secondary N) is 2. The van der Waals surface area contributed by atoms with Gasteiger partial charge in [0.25, 0.3) is 0 Å². The number of nitrogens with two attached hydrogens (primary N) is 1. The van der Waals surface area contributed by atoms with Crippen LogP contribution in [-0.4, -0.2) is 24.4 Å². The Kier molecular flexibility index (Phi) is 4.09. The SMILES string of the molecule is CC(C)(CNC(=O)[C@@H]1Cc2ccccc2CN1)C(N)=O. The van der Waals surface area contributed by atoms with Crippen LogP contribution in [0, 0.1) is 5.41 Å². The van der Waals surface area contributed by atoms with Gasteiger partial charge >= 0.3 is 0 Å². The number of fused-ring (bicyclic) bond motifs is 1. The third kappa shape index (κ3) is 3.17. The van der Waals surface area contributed by atoms with Crippen LogP contribution in [0.1, 0.15) is 25.0 Å². The van der Waals surface area contributed by atoms with Crippen molar-refractivity contribution in [2.75, 3.05) is 6.54 Å². The fourth-order valence-electron chi connectivity index (χ4n) is 2.16. The molecule has 20 heavy (non-hydrogen) atoms. The summed E-state index contributed by atoms with van der Waals surface area (Å²) in [5.41, 5.74) is 6.98. The van der Waals surface area contributed by atoms with Crippen LogP contribution in [0.5, 0.6) is 0 Å². The summed E-state index contributed by atoms with van der Waals surface area (Å²) in [4.78, 5) is 23.4. The first-order chi connectivity index (χ1) is 9.40. The van der Waals surface area contributed by atoms with E-state index >= 15 is 0 Å². The number of carbonyl (C=O) groups excluding carboxylic acids is 2. The highest BCUT2D eigenvalue weighted by Crippen LogP contribution is 2.17. The first-order valence-corrected chi connectivity index (χ1v) is 6.78. The summed E-state index contributed by atoms with van der Waals surface area (Å²) in [6, 6.07) is 7.83. The van der Waals surface area contributed by atoms with Crippen LogP contribution in [0.15, 0.2) is 24.3 Å². The highest BCUT2D eigenvalue weighted by molar-refractivity contribution is 5.84. The molecule has 1 aliphatic rings. The van der Waals surface area contributed by atoms with Crippen LogP contribution in [0.2, 0.25) is 0 Å². The van der Waals surface area contributed by atoms with Crippen LogP contribution in [0.4, 0.5) is 0 Å². The molecule has 0 aliphatic carbocycles. The molecule has 1 aromatic carbocycles. The summed E-state index contributed by atoms with van der Waals surface area (Å²) in [6.45, 7) is 4.38. The Balaban J connectivity index is 1.94. The monoisotopic (exact) mass is 275 g/mol. The quantitative estimate of drug-likeness (QED) is 0.740. The molecule has 0 aromatic heterocycles. The zero-order valence-electron chi connectivity index (χ0n) is 11.9. The van der Waals surface area contributed by atoms with E-state index < -0.39 is 11.3 Å². The number of amides is 2. The molecule has 0 saturated carbocycles. The number of primary amides is 1. The normalized spacial score (nSPS) is 18.2. The Morgan fingerprint density at radius 3 is 2.65 bits per heavy atom. The predicted octanol–water partition coefficient (Wildman–Crippen LogP) is 0.329. The van der Waals surface area contributed by atoms with Crippen molar-refractivity contribution in [3.8, 4) is 0 Å². The first kappa shape index (κ1) is 14.5. The van der Waals surface area contributed by atoms with Gasteiger partial charge in [-0.1, -0.05) is 24.3 Å². The maximum atomic E-state index is 12.2. The molecular formula is C15H21N3O2. The second-order valence-corrected chi connectivity index (χ2v) is 5.87. The van der Waals surface area contributed by atoms with Crippen LogP contribution in [0.25, 0.3) is 0 Å². The molecule has 1 heterocycles. The Morgan fingerprint density at radius 1 is 1.35 bits per heavy atom. The highest BCUT2D eigenvalue weighted by Gasteiger charge is 2.28. The van der Waals surface area contributed by atoms with E-state index in [2.05, 4.69) is 16.7 Å². The van der Waals surface area contributed by atoms with Gasteiger partial charge in [0.1, 0.15) is 0 Å². The second kappa shape index (κ2) is 5.63. The van der Waals surface area contributed by atoms with Gasteiger partial charge in [-0.15, -0.1) is 0 Å². The van der Waals surface area contributed by atoms with Crippen LogP contribution in [-0.2, 0) is 22.6 Å². The molecule has 5 heteroatoms. The van der Waals surface area contributed by atoms with Crippen molar-refractivity contribution in [1.82, 2.24) is 10.6 Å². The minimum Gasteiger partial charge on any atom is -0.369 e. The van der Waals surface area contributed by atoms with E-state index in [0.29, 0.717) is 13.0 Å². The van der Waals surface area contributed by atoms with Crippen molar-refractivity contribution in [1.29, 1.82) is 0 Å². The van der Waals surface area contributed by atoms with Gasteiger partial charge in [-0.25, -0.2) is 0 Å². The van der Waals surface area contributed by atoms with Gasteiger partial charge in [-0.3, -0.25) is 9.59 Å². The maximum absolute atomic E-state index is 12.2. The van der Waals surface area contributed by atoms with Crippen molar-refractivity contribution in [2.45, 2.75) is 32.9 Å². The number of carbonyl (C=O) groups is 2. The molecule has 0 unspecified atom stereocenters. The largest absolute Gasteiger partial charge is 0.369 e. The van der Waals surface area contributed by atoms with Crippen LogP contribution < -0.4 is 16.4 Å². The van der Waals surface area contributed by atoms with Gasteiger partial charge in [0.2, 0.25) is 11.8 Å². The summed E-state index contributed by atoms with van der Waals surface area (Å²) in [7, 11) is 0. The van der Waals surface area contributed by atoms with Gasteiger partial charge in [0, 0.05) is 13.1 Å². The third-order valence-electron chi connectivity index (χ3n) is 3.77. The molecule has 108 valence electrons. The molecule has 1 atom stereocenters. The molecule has 2 rings (SSSR count). The number of hydrogen-bond donors (Lipinski definition) is 3. The molecule has 0 radical (unpaired) electrons. The predicted molar refractivity (Wildman–Crippen MR) is 76.8 cm³/mol. The van der Waals surface area contributed by atoms with E-state index in [-0.39, 0.29) is 18.5 Å². The lowest BCUT2D eigenvalue weighted by atomic mass is 9.92. The number of hydrogen-bond acceptors (Lipinski definition) is 3. The third-order valence-corrected chi connectivity index (χ3v) is 3.77. The Hall–Kier alpha value is -1.88. The van der Waals surface area contributed by atoms with Gasteiger partial charge in [0.05, 0.1) is 11.5 Å². The minimum absolute atomic E-state index is 0.0890. The maximum Gasteiger partial charge on any atom is 0.237 e. The summed E-state index contributed by atoms with van der Waals surface area (Å²) in [6.07, 6.45) is 0.666. The average Bonchev–Trinajstić information content (AvgIpc) is 2.44. The zero-order valence-corrected chi connectivity index (χ0v) is 11.9. The van der Waals surface area contributed by atoms with Crippen LogP contribution in [0.3, 0.4) is 0 Å². The van der Waals surface area contributed by atoms with E-state index in [4.69, 9.17) is 5.73 Å². The molecule has 4 N–H and O–H groups in total. The number of rotatable bonds is 4. The van der Waals surface area contributed by atoms with Crippen molar-refractivity contribution in [2.24, 2.45) is 11.1 Å². The summed E-state index contributed by atoms with van der Waals surface area (Å²) in [5.74, 6) is -0.506. The van der Waals surface area contributed by atoms with E-state index in [1.54, 1.807) is 13.8 Å². The lowest BCUT2D eigenvalue weighted by molar-refractivity contribution is -0.127. The fraction of sp³-hybridized carbons (Fsp3) is 0.467. The van der Waals surface area contributed by atoms with Crippen molar-refractivity contribution in [3.63, 3.8) is 0 Å². The lowest BCUT2D eigenvalue weighted by Gasteiger charge is -2.27. The van der Waals surface area contributed by atoms with Crippen molar-refractivity contribution in [3.05, 3.63) is 35.4 Å². The average molecular weight is 275 g/mol. The smallest absolute Gasteiger partial charge is 0.237 e. The van der Waals surface area contributed by atoms with Gasteiger partial charge < -0.3 is 16.4 Å². The lowest BCUT2D eigenvalue weighted by Crippen LogP contribution is -2.51. The molecule has 0 spiro atoms. The highest BCUT2D eigenvalue weighted by atomic mass is 16.2. The van der Waals surface area contributed by atoms with Gasteiger partial charge in [-0.05, 0) is 31.4 Å². The van der Waals surface area contributed by atoms with Gasteiger partial charge in [0.15, 0.2) is 0 Å². The molecule has 0 saturated heterocycles. The summed E-state index contributed by atoms with van der Waals surface area (Å²) in [5, 5.41) is 6.01. The standard InChI is InChI=1S/C15H21N3O2/c1-15(2,14(16)20)9-18-13(19)12-7-10-5-3-4-6-11(10)8-17-12/h3-6,12,17H,7-9H2,1-2H3,(H2,16,20)(H,18,19)/t12-/m0/s1. The molecule has 5 nitrogen and oxygen atoms in total. The first-order valence-electron chi connectivity index (χ1n) is 6.78. The molecule has 1 aromatic rings. The number of benzene rings is 1.